The van der Waals surface area contributed by atoms with Gasteiger partial charge in [0.2, 0.25) is 11.8 Å². The minimum atomic E-state index is -0.238. The molecular formula is C13H26ClN3O4. The van der Waals surface area contributed by atoms with Gasteiger partial charge in [-0.15, -0.1) is 12.4 Å². The van der Waals surface area contributed by atoms with E-state index in [4.69, 9.17) is 9.47 Å². The summed E-state index contributed by atoms with van der Waals surface area (Å²) in [6.45, 7) is 4.22. The lowest BCUT2D eigenvalue weighted by atomic mass is 10.1. The molecule has 1 rings (SSSR count). The van der Waals surface area contributed by atoms with Crippen LogP contribution in [0.1, 0.15) is 6.42 Å². The standard InChI is InChI=1S/C13H25N3O4.ClH/c1-19-7-5-14-3-4-15-13(18)11-9-12(17)16(10-11)6-8-20-2;/h11,14H,3-10H2,1-2H3,(H,15,18);1H. The average Bonchev–Trinajstić information content (AvgIpc) is 2.81. The number of hydrogen-bond acceptors (Lipinski definition) is 5. The molecule has 8 heteroatoms. The van der Waals surface area contributed by atoms with Crippen LogP contribution in [0.5, 0.6) is 0 Å². The summed E-state index contributed by atoms with van der Waals surface area (Å²) in [4.78, 5) is 25.3. The first kappa shape index (κ1) is 20.1. The second kappa shape index (κ2) is 11.7. The highest BCUT2D eigenvalue weighted by molar-refractivity contribution is 5.89. The predicted octanol–water partition coefficient (Wildman–Crippen LogP) is -0.745. The molecule has 2 N–H and O–H groups in total. The maximum atomic E-state index is 11.9. The summed E-state index contributed by atoms with van der Waals surface area (Å²) in [7, 11) is 3.25. The molecule has 1 fully saturated rings. The molecule has 0 radical (unpaired) electrons. The van der Waals surface area contributed by atoms with Crippen LogP contribution in [0.3, 0.4) is 0 Å². The number of nitrogens with zero attached hydrogens (tertiary/aromatic N) is 1. The number of methoxy groups -OCH3 is 2. The van der Waals surface area contributed by atoms with Crippen molar-refractivity contribution in [1.82, 2.24) is 15.5 Å². The molecule has 1 saturated heterocycles. The van der Waals surface area contributed by atoms with E-state index in [0.29, 0.717) is 45.8 Å². The number of carbonyl (C=O) groups excluding carboxylic acids is 2. The van der Waals surface area contributed by atoms with E-state index >= 15 is 0 Å². The van der Waals surface area contributed by atoms with Gasteiger partial charge < -0.3 is 25.0 Å². The highest BCUT2D eigenvalue weighted by Gasteiger charge is 2.33. The van der Waals surface area contributed by atoms with Gasteiger partial charge in [-0.2, -0.15) is 0 Å². The molecule has 1 unspecified atom stereocenters. The first-order valence-electron chi connectivity index (χ1n) is 6.93. The van der Waals surface area contributed by atoms with Crippen LogP contribution in [-0.4, -0.2) is 76.9 Å². The van der Waals surface area contributed by atoms with Crippen molar-refractivity contribution in [3.8, 4) is 0 Å². The van der Waals surface area contributed by atoms with Crippen molar-refractivity contribution >= 4 is 24.2 Å². The Morgan fingerprint density at radius 3 is 2.62 bits per heavy atom. The van der Waals surface area contributed by atoms with Crippen LogP contribution in [0.15, 0.2) is 0 Å². The number of ether oxygens (including phenoxy) is 2. The Kier molecular flexibility index (Phi) is 11.2. The molecule has 0 aliphatic carbocycles. The smallest absolute Gasteiger partial charge is 0.225 e. The molecular weight excluding hydrogens is 298 g/mol. The number of halogens is 1. The fourth-order valence-electron chi connectivity index (χ4n) is 2.08. The Morgan fingerprint density at radius 2 is 1.95 bits per heavy atom. The molecule has 0 spiro atoms. The lowest BCUT2D eigenvalue weighted by molar-refractivity contribution is -0.129. The number of hydrogen-bond donors (Lipinski definition) is 2. The molecule has 1 aliphatic heterocycles. The van der Waals surface area contributed by atoms with Crippen molar-refractivity contribution in [1.29, 1.82) is 0 Å². The molecule has 0 bridgehead atoms. The molecule has 7 nitrogen and oxygen atoms in total. The van der Waals surface area contributed by atoms with E-state index in [1.54, 1.807) is 19.1 Å². The topological polar surface area (TPSA) is 79.9 Å². The van der Waals surface area contributed by atoms with Crippen molar-refractivity contribution in [2.24, 2.45) is 5.92 Å². The summed E-state index contributed by atoms with van der Waals surface area (Å²) in [6, 6.07) is 0. The van der Waals surface area contributed by atoms with Gasteiger partial charge in [-0.25, -0.2) is 0 Å². The van der Waals surface area contributed by atoms with Gasteiger partial charge in [0.25, 0.3) is 0 Å². The van der Waals surface area contributed by atoms with Crippen molar-refractivity contribution in [3.05, 3.63) is 0 Å². The SMILES string of the molecule is COCCNCCNC(=O)C1CC(=O)N(CCOC)C1.Cl. The van der Waals surface area contributed by atoms with Crippen molar-refractivity contribution < 1.29 is 19.1 Å². The zero-order valence-corrected chi connectivity index (χ0v) is 13.5. The summed E-state index contributed by atoms with van der Waals surface area (Å²) in [5.41, 5.74) is 0. The van der Waals surface area contributed by atoms with Gasteiger partial charge in [-0.1, -0.05) is 0 Å². The maximum absolute atomic E-state index is 11.9. The number of amides is 2. The Balaban J connectivity index is 0.00000400. The minimum absolute atomic E-state index is 0. The van der Waals surface area contributed by atoms with Gasteiger partial charge in [-0.05, 0) is 0 Å². The number of carbonyl (C=O) groups is 2. The average molecular weight is 324 g/mol. The van der Waals surface area contributed by atoms with E-state index in [0.717, 1.165) is 6.54 Å². The van der Waals surface area contributed by atoms with Gasteiger partial charge >= 0.3 is 0 Å². The normalized spacial score (nSPS) is 17.7. The van der Waals surface area contributed by atoms with Gasteiger partial charge in [0, 0.05) is 53.4 Å². The van der Waals surface area contributed by atoms with Crippen molar-refractivity contribution in [3.63, 3.8) is 0 Å². The molecule has 0 aromatic rings. The van der Waals surface area contributed by atoms with Gasteiger partial charge in [0.05, 0.1) is 19.1 Å². The van der Waals surface area contributed by atoms with E-state index in [1.807, 2.05) is 0 Å². The zero-order valence-electron chi connectivity index (χ0n) is 12.7. The molecule has 21 heavy (non-hydrogen) atoms. The predicted molar refractivity (Wildman–Crippen MR) is 81.6 cm³/mol. The quantitative estimate of drug-likeness (QED) is 0.517. The molecule has 0 aromatic carbocycles. The molecule has 1 heterocycles. The summed E-state index contributed by atoms with van der Waals surface area (Å²) in [5.74, 6) is -0.259. The van der Waals surface area contributed by atoms with Gasteiger partial charge in [0.15, 0.2) is 0 Å². The first-order chi connectivity index (χ1) is 9.69. The highest BCUT2D eigenvalue weighted by Crippen LogP contribution is 2.17. The Morgan fingerprint density at radius 1 is 1.24 bits per heavy atom. The highest BCUT2D eigenvalue weighted by atomic mass is 35.5. The summed E-state index contributed by atoms with van der Waals surface area (Å²) >= 11 is 0. The van der Waals surface area contributed by atoms with E-state index in [-0.39, 0.29) is 30.1 Å². The molecule has 1 aliphatic rings. The molecule has 124 valence electrons. The summed E-state index contributed by atoms with van der Waals surface area (Å²) in [6.07, 6.45) is 0.298. The van der Waals surface area contributed by atoms with Gasteiger partial charge in [0.1, 0.15) is 0 Å². The Bertz CT molecular complexity index is 318. The number of rotatable bonds is 10. The van der Waals surface area contributed by atoms with E-state index < -0.39 is 0 Å². The second-order valence-corrected chi connectivity index (χ2v) is 4.77. The first-order valence-corrected chi connectivity index (χ1v) is 6.93. The van der Waals surface area contributed by atoms with Crippen LogP contribution >= 0.6 is 12.4 Å². The molecule has 1 atom stereocenters. The van der Waals surface area contributed by atoms with Crippen LogP contribution in [0.2, 0.25) is 0 Å². The third-order valence-corrected chi connectivity index (χ3v) is 3.23. The third kappa shape index (κ3) is 7.61. The lowest BCUT2D eigenvalue weighted by Gasteiger charge is -2.15. The molecule has 0 aromatic heterocycles. The second-order valence-electron chi connectivity index (χ2n) is 4.77. The van der Waals surface area contributed by atoms with Crippen molar-refractivity contribution in [2.75, 3.05) is 60.2 Å². The van der Waals surface area contributed by atoms with Crippen LogP contribution < -0.4 is 10.6 Å². The molecule has 0 saturated carbocycles. The van der Waals surface area contributed by atoms with Crippen LogP contribution in [0.4, 0.5) is 0 Å². The van der Waals surface area contributed by atoms with Crippen LogP contribution in [0, 0.1) is 5.92 Å². The lowest BCUT2D eigenvalue weighted by Crippen LogP contribution is -2.37. The maximum Gasteiger partial charge on any atom is 0.225 e. The summed E-state index contributed by atoms with van der Waals surface area (Å²) < 4.78 is 9.85. The van der Waals surface area contributed by atoms with Crippen LogP contribution in [0.25, 0.3) is 0 Å². The minimum Gasteiger partial charge on any atom is -0.383 e. The van der Waals surface area contributed by atoms with E-state index in [9.17, 15) is 9.59 Å². The Hall–Kier alpha value is -0.890. The fourth-order valence-corrected chi connectivity index (χ4v) is 2.08. The van der Waals surface area contributed by atoms with Crippen LogP contribution in [-0.2, 0) is 19.1 Å². The molecule has 2 amide bonds. The van der Waals surface area contributed by atoms with E-state index in [2.05, 4.69) is 10.6 Å². The number of likely N-dealkylation sites (tertiary alicyclic amines) is 1. The third-order valence-electron chi connectivity index (χ3n) is 3.23. The Labute approximate surface area is 132 Å². The van der Waals surface area contributed by atoms with Crippen molar-refractivity contribution in [2.45, 2.75) is 6.42 Å². The fraction of sp³-hybridized carbons (Fsp3) is 0.846. The number of nitrogens with one attached hydrogen (secondary N) is 2. The zero-order chi connectivity index (χ0) is 14.8. The summed E-state index contributed by atoms with van der Waals surface area (Å²) in [5, 5.41) is 5.99. The largest absolute Gasteiger partial charge is 0.383 e. The van der Waals surface area contributed by atoms with E-state index in [1.165, 1.54) is 0 Å². The monoisotopic (exact) mass is 323 g/mol. The van der Waals surface area contributed by atoms with Gasteiger partial charge in [-0.3, -0.25) is 9.59 Å².